The lowest BCUT2D eigenvalue weighted by atomic mass is 9.79. The van der Waals surface area contributed by atoms with Crippen molar-refractivity contribution < 1.29 is 4.79 Å². The number of thioether (sulfide) groups is 1. The van der Waals surface area contributed by atoms with E-state index < -0.39 is 0 Å². The second-order valence-corrected chi connectivity index (χ2v) is 9.83. The van der Waals surface area contributed by atoms with Gasteiger partial charge < -0.3 is 10.2 Å². The van der Waals surface area contributed by atoms with Crippen molar-refractivity contribution in [3.8, 4) is 0 Å². The van der Waals surface area contributed by atoms with Crippen LogP contribution in [0.2, 0.25) is 0 Å². The summed E-state index contributed by atoms with van der Waals surface area (Å²) in [6.45, 7) is 12.2. The van der Waals surface area contributed by atoms with Gasteiger partial charge in [0.05, 0.1) is 10.6 Å². The molecule has 0 aromatic heterocycles. The molecule has 1 saturated heterocycles. The van der Waals surface area contributed by atoms with Crippen LogP contribution in [0.1, 0.15) is 56.7 Å². The number of benzene rings is 2. The van der Waals surface area contributed by atoms with Crippen LogP contribution >= 0.6 is 11.8 Å². The summed E-state index contributed by atoms with van der Waals surface area (Å²) in [6.07, 6.45) is 3.10. The van der Waals surface area contributed by atoms with Crippen molar-refractivity contribution in [1.82, 2.24) is 5.32 Å². The molecule has 0 bridgehead atoms. The molecule has 0 aliphatic carbocycles. The van der Waals surface area contributed by atoms with Crippen molar-refractivity contribution in [2.24, 2.45) is 4.99 Å². The Bertz CT molecular complexity index is 1050. The van der Waals surface area contributed by atoms with Gasteiger partial charge in [-0.1, -0.05) is 25.1 Å². The zero-order valence-corrected chi connectivity index (χ0v) is 19.1. The quantitative estimate of drug-likeness (QED) is 0.621. The third kappa shape index (κ3) is 4.04. The number of carbonyl (C=O) groups is 1. The molecule has 5 heteroatoms. The van der Waals surface area contributed by atoms with Gasteiger partial charge in [-0.3, -0.25) is 4.79 Å². The summed E-state index contributed by atoms with van der Waals surface area (Å²) in [6, 6.07) is 14.5. The Labute approximate surface area is 183 Å². The number of hydrogen-bond acceptors (Lipinski definition) is 4. The maximum absolute atomic E-state index is 12.5. The number of hydrogen-bond donors (Lipinski definition) is 1. The van der Waals surface area contributed by atoms with Crippen LogP contribution in [0.4, 0.5) is 11.4 Å². The van der Waals surface area contributed by atoms with Crippen molar-refractivity contribution in [2.75, 3.05) is 11.4 Å². The van der Waals surface area contributed by atoms with E-state index in [1.165, 1.54) is 23.0 Å². The van der Waals surface area contributed by atoms with Gasteiger partial charge in [-0.05, 0) is 98.8 Å². The first kappa shape index (κ1) is 20.7. The highest BCUT2D eigenvalue weighted by Crippen LogP contribution is 2.43. The monoisotopic (exact) mass is 419 g/mol. The van der Waals surface area contributed by atoms with Crippen molar-refractivity contribution >= 4 is 40.3 Å². The lowest BCUT2D eigenvalue weighted by Gasteiger charge is -2.47. The van der Waals surface area contributed by atoms with Crippen LogP contribution in [0, 0.1) is 6.92 Å². The molecule has 1 unspecified atom stereocenters. The molecule has 0 spiro atoms. The zero-order chi connectivity index (χ0) is 21.5. The molecule has 2 aliphatic heterocycles. The van der Waals surface area contributed by atoms with Crippen molar-refractivity contribution in [3.63, 3.8) is 0 Å². The fourth-order valence-corrected chi connectivity index (χ4v) is 5.49. The molecule has 0 radical (unpaired) electrons. The number of carbonyl (C=O) groups excluding carboxylic acids is 1. The molecule has 2 aromatic rings. The summed E-state index contributed by atoms with van der Waals surface area (Å²) in [7, 11) is 0. The van der Waals surface area contributed by atoms with Crippen molar-refractivity contribution in [2.45, 2.75) is 52.5 Å². The molecule has 156 valence electrons. The van der Waals surface area contributed by atoms with Crippen LogP contribution in [0.15, 0.2) is 52.4 Å². The maximum Gasteiger partial charge on any atom is 0.264 e. The van der Waals surface area contributed by atoms with Crippen LogP contribution in [0.25, 0.3) is 6.08 Å². The number of fused-ring (bicyclic) bond motifs is 1. The summed E-state index contributed by atoms with van der Waals surface area (Å²) >= 11 is 1.40. The number of anilines is 1. The number of rotatable bonds is 3. The minimum atomic E-state index is -0.0894. The number of nitrogens with one attached hydrogen (secondary N) is 1. The van der Waals surface area contributed by atoms with E-state index >= 15 is 0 Å². The minimum Gasteiger partial charge on any atom is -0.366 e. The highest BCUT2D eigenvalue weighted by atomic mass is 32.2. The molecule has 4 nitrogen and oxygen atoms in total. The lowest BCUT2D eigenvalue weighted by Crippen LogP contribution is -2.48. The van der Waals surface area contributed by atoms with Crippen LogP contribution in [-0.4, -0.2) is 23.2 Å². The topological polar surface area (TPSA) is 44.7 Å². The molecule has 1 amide bonds. The molecule has 2 aliphatic rings. The van der Waals surface area contributed by atoms with Crippen LogP contribution in [0.3, 0.4) is 0 Å². The van der Waals surface area contributed by atoms with Gasteiger partial charge >= 0.3 is 0 Å². The SMILES string of the molecule is CCN1c2ccc(/C=C3\SC(=Nc4cccc(C)c4)NC3=O)cc2C(C)CC1(C)C. The third-order valence-corrected chi connectivity index (χ3v) is 6.82. The molecule has 0 saturated carbocycles. The Morgan fingerprint density at radius 2 is 2.07 bits per heavy atom. The predicted molar refractivity (Wildman–Crippen MR) is 129 cm³/mol. The molecule has 30 heavy (non-hydrogen) atoms. The summed E-state index contributed by atoms with van der Waals surface area (Å²) in [5, 5.41) is 3.51. The number of aryl methyl sites for hydroxylation is 1. The summed E-state index contributed by atoms with van der Waals surface area (Å²) < 4.78 is 0. The summed E-state index contributed by atoms with van der Waals surface area (Å²) in [5.41, 5.74) is 5.89. The fourth-order valence-electron chi connectivity index (χ4n) is 4.64. The van der Waals surface area contributed by atoms with Crippen molar-refractivity contribution in [3.05, 3.63) is 64.1 Å². The minimum absolute atomic E-state index is 0.0894. The largest absolute Gasteiger partial charge is 0.366 e. The highest BCUT2D eigenvalue weighted by Gasteiger charge is 2.35. The van der Waals surface area contributed by atoms with E-state index in [-0.39, 0.29) is 11.4 Å². The van der Waals surface area contributed by atoms with E-state index in [1.807, 2.05) is 37.3 Å². The molecule has 1 fully saturated rings. The fraction of sp³-hybridized carbons (Fsp3) is 0.360. The summed E-state index contributed by atoms with van der Waals surface area (Å²) in [4.78, 5) is 20.2. The molecule has 1 atom stereocenters. The van der Waals surface area contributed by atoms with Gasteiger partial charge in [-0.15, -0.1) is 0 Å². The van der Waals surface area contributed by atoms with Gasteiger partial charge in [0, 0.05) is 17.8 Å². The van der Waals surface area contributed by atoms with Crippen LogP contribution < -0.4 is 10.2 Å². The Balaban J connectivity index is 1.61. The van der Waals surface area contributed by atoms with Gasteiger partial charge in [0.15, 0.2) is 5.17 Å². The standard InChI is InChI=1S/C25H29N3OS/c1-6-28-21-11-10-18(13-20(21)17(3)15-25(28,4)5)14-22-23(29)27-24(30-22)26-19-9-7-8-16(2)12-19/h7-14,17H,6,15H2,1-5H3,(H,26,27,29)/b22-14-. The van der Waals surface area contributed by atoms with Gasteiger partial charge in [0.1, 0.15) is 0 Å². The second kappa shape index (κ2) is 7.95. The number of amides is 1. The lowest BCUT2D eigenvalue weighted by molar-refractivity contribution is -0.115. The Hall–Kier alpha value is -2.53. The van der Waals surface area contributed by atoms with Gasteiger partial charge in [-0.2, -0.15) is 0 Å². The van der Waals surface area contributed by atoms with Gasteiger partial charge in [0.25, 0.3) is 5.91 Å². The van der Waals surface area contributed by atoms with E-state index in [0.717, 1.165) is 29.8 Å². The first-order valence-electron chi connectivity index (χ1n) is 10.5. The number of aliphatic imine (C=N–C) groups is 1. The Kier molecular flexibility index (Phi) is 5.49. The van der Waals surface area contributed by atoms with Crippen LogP contribution in [0.5, 0.6) is 0 Å². The second-order valence-electron chi connectivity index (χ2n) is 8.80. The molecule has 2 heterocycles. The first-order valence-corrected chi connectivity index (χ1v) is 11.4. The van der Waals surface area contributed by atoms with Gasteiger partial charge in [-0.25, -0.2) is 4.99 Å². The van der Waals surface area contributed by atoms with E-state index in [9.17, 15) is 4.79 Å². The highest BCUT2D eigenvalue weighted by molar-refractivity contribution is 8.18. The predicted octanol–water partition coefficient (Wildman–Crippen LogP) is 6.00. The van der Waals surface area contributed by atoms with E-state index in [0.29, 0.717) is 16.0 Å². The van der Waals surface area contributed by atoms with Gasteiger partial charge in [0.2, 0.25) is 0 Å². The maximum atomic E-state index is 12.5. The van der Waals surface area contributed by atoms with E-state index in [2.05, 4.69) is 61.1 Å². The molecule has 4 rings (SSSR count). The zero-order valence-electron chi connectivity index (χ0n) is 18.3. The van der Waals surface area contributed by atoms with E-state index in [1.54, 1.807) is 0 Å². The smallest absolute Gasteiger partial charge is 0.264 e. The van der Waals surface area contributed by atoms with Crippen LogP contribution in [-0.2, 0) is 4.79 Å². The Morgan fingerprint density at radius 1 is 1.27 bits per heavy atom. The summed E-state index contributed by atoms with van der Waals surface area (Å²) in [5.74, 6) is 0.396. The van der Waals surface area contributed by atoms with Crippen molar-refractivity contribution in [1.29, 1.82) is 0 Å². The van der Waals surface area contributed by atoms with E-state index in [4.69, 9.17) is 0 Å². The average Bonchev–Trinajstić information content (AvgIpc) is 3.00. The molecular formula is C25H29N3OS. The average molecular weight is 420 g/mol. The number of nitrogens with zero attached hydrogens (tertiary/aromatic N) is 2. The molecular weight excluding hydrogens is 390 g/mol. The number of amidine groups is 1. The molecule has 2 aromatic carbocycles. The normalized spacial score (nSPS) is 23.0. The first-order chi connectivity index (χ1) is 14.3. The molecule has 1 N–H and O–H groups in total. The third-order valence-electron chi connectivity index (χ3n) is 5.91. The Morgan fingerprint density at radius 3 is 2.80 bits per heavy atom.